The molecule has 1 heterocycles. The van der Waals surface area contributed by atoms with Gasteiger partial charge in [0.25, 0.3) is 0 Å². The van der Waals surface area contributed by atoms with E-state index in [0.717, 1.165) is 4.90 Å². The van der Waals surface area contributed by atoms with Gasteiger partial charge in [-0.05, 0) is 56.9 Å². The summed E-state index contributed by atoms with van der Waals surface area (Å²) in [5, 5.41) is 10.7. The molecule has 0 bridgehead atoms. The minimum atomic E-state index is -1.24. The monoisotopic (exact) mass is 339 g/mol. The van der Waals surface area contributed by atoms with Crippen LogP contribution in [0, 0.1) is 0 Å². The lowest BCUT2D eigenvalue weighted by molar-refractivity contribution is -0.0197. The number of benzene rings is 1. The Labute approximate surface area is 140 Å². The van der Waals surface area contributed by atoms with E-state index >= 15 is 0 Å². The summed E-state index contributed by atoms with van der Waals surface area (Å²) in [5.74, 6) is 0.194. The molecular formula is C17H25NO4S. The molecule has 5 nitrogen and oxygen atoms in total. The molecule has 6 heteroatoms. The third-order valence-corrected chi connectivity index (χ3v) is 5.35. The van der Waals surface area contributed by atoms with Crippen LogP contribution >= 0.6 is 0 Å². The molecule has 1 aliphatic rings. The van der Waals surface area contributed by atoms with Crippen molar-refractivity contribution >= 4 is 17.3 Å². The van der Waals surface area contributed by atoms with Gasteiger partial charge in [-0.2, -0.15) is 0 Å². The minimum Gasteiger partial charge on any atom is -0.611 e. The maximum Gasteiger partial charge on any atom is 0.410 e. The number of hydrogen-bond acceptors (Lipinski definition) is 4. The zero-order valence-corrected chi connectivity index (χ0v) is 14.8. The van der Waals surface area contributed by atoms with Crippen molar-refractivity contribution in [1.29, 1.82) is 0 Å². The lowest BCUT2D eigenvalue weighted by Gasteiger charge is -2.38. The maximum atomic E-state index is 12.4. The van der Waals surface area contributed by atoms with Crippen LogP contribution in [-0.4, -0.2) is 50.7 Å². The number of rotatable bonds is 3. The molecule has 1 saturated heterocycles. The fourth-order valence-corrected chi connectivity index (χ4v) is 3.88. The van der Waals surface area contributed by atoms with Crippen molar-refractivity contribution < 1.29 is 19.2 Å². The Kier molecular flexibility index (Phi) is 5.60. The fourth-order valence-electron chi connectivity index (χ4n) is 2.48. The van der Waals surface area contributed by atoms with E-state index in [0.29, 0.717) is 25.9 Å². The number of nitrogens with zero attached hydrogens (tertiary/aromatic N) is 1. The van der Waals surface area contributed by atoms with E-state index in [2.05, 4.69) is 0 Å². The second-order valence-electron chi connectivity index (χ2n) is 6.99. The van der Waals surface area contributed by atoms with Gasteiger partial charge in [-0.3, -0.25) is 0 Å². The SMILES string of the molecule is CC(C)(C)OC(=O)N1CCC(O)(C[S+]([O-])c2ccccc2)CC1. The van der Waals surface area contributed by atoms with Crippen molar-refractivity contribution in [3.63, 3.8) is 0 Å². The summed E-state index contributed by atoms with van der Waals surface area (Å²) in [5.41, 5.74) is -1.53. The van der Waals surface area contributed by atoms with Crippen LogP contribution in [0.5, 0.6) is 0 Å². The fraction of sp³-hybridized carbons (Fsp3) is 0.588. The number of hydrogen-bond donors (Lipinski definition) is 1. The van der Waals surface area contributed by atoms with Crippen LogP contribution in [0.2, 0.25) is 0 Å². The van der Waals surface area contributed by atoms with E-state index in [9.17, 15) is 14.5 Å². The Balaban J connectivity index is 1.88. The van der Waals surface area contributed by atoms with Crippen molar-refractivity contribution in [3.8, 4) is 0 Å². The van der Waals surface area contributed by atoms with Crippen LogP contribution < -0.4 is 0 Å². The molecule has 0 aromatic heterocycles. The van der Waals surface area contributed by atoms with Gasteiger partial charge in [-0.1, -0.05) is 18.2 Å². The standard InChI is InChI=1S/C17H25NO4S/c1-16(2,3)22-15(19)18-11-9-17(20,10-12-18)13-23(21)14-7-5-4-6-8-14/h4-8,20H,9-13H2,1-3H3. The highest BCUT2D eigenvalue weighted by atomic mass is 32.2. The molecule has 1 aliphatic heterocycles. The summed E-state index contributed by atoms with van der Waals surface area (Å²) in [6.07, 6.45) is 0.457. The van der Waals surface area contributed by atoms with E-state index in [1.165, 1.54) is 0 Å². The van der Waals surface area contributed by atoms with E-state index in [4.69, 9.17) is 4.74 Å². The molecule has 0 spiro atoms. The van der Waals surface area contributed by atoms with Crippen molar-refractivity contribution in [2.75, 3.05) is 18.8 Å². The molecule has 1 fully saturated rings. The number of carbonyl (C=O) groups excluding carboxylic acids is 1. The summed E-state index contributed by atoms with van der Waals surface area (Å²) in [6.45, 7) is 6.31. The smallest absolute Gasteiger partial charge is 0.410 e. The molecule has 1 aromatic rings. The number of likely N-dealkylation sites (tertiary alicyclic amines) is 1. The molecule has 0 radical (unpaired) electrons. The molecule has 1 aromatic carbocycles. The van der Waals surface area contributed by atoms with Gasteiger partial charge in [-0.15, -0.1) is 0 Å². The molecule has 23 heavy (non-hydrogen) atoms. The van der Waals surface area contributed by atoms with Crippen molar-refractivity contribution in [3.05, 3.63) is 30.3 Å². The van der Waals surface area contributed by atoms with Crippen LogP contribution in [0.25, 0.3) is 0 Å². The maximum absolute atomic E-state index is 12.4. The summed E-state index contributed by atoms with van der Waals surface area (Å²) in [7, 11) is 0. The third-order valence-electron chi connectivity index (χ3n) is 3.75. The molecular weight excluding hydrogens is 314 g/mol. The molecule has 1 amide bonds. The average Bonchev–Trinajstić information content (AvgIpc) is 2.46. The van der Waals surface area contributed by atoms with E-state index in [-0.39, 0.29) is 11.8 Å². The Hall–Kier alpha value is -1.24. The second kappa shape index (κ2) is 7.11. The summed E-state index contributed by atoms with van der Waals surface area (Å²) in [4.78, 5) is 14.4. The Morgan fingerprint density at radius 1 is 1.30 bits per heavy atom. The molecule has 0 aliphatic carbocycles. The first-order chi connectivity index (χ1) is 10.7. The van der Waals surface area contributed by atoms with E-state index < -0.39 is 22.4 Å². The van der Waals surface area contributed by atoms with Gasteiger partial charge in [0, 0.05) is 13.1 Å². The summed E-state index contributed by atoms with van der Waals surface area (Å²) < 4.78 is 17.7. The highest BCUT2D eigenvalue weighted by Crippen LogP contribution is 2.27. The van der Waals surface area contributed by atoms with Gasteiger partial charge in [0.15, 0.2) is 4.90 Å². The number of ether oxygens (including phenoxy) is 1. The number of piperidine rings is 1. The number of amides is 1. The van der Waals surface area contributed by atoms with Gasteiger partial charge >= 0.3 is 6.09 Å². The zero-order chi connectivity index (χ0) is 17.1. The Morgan fingerprint density at radius 3 is 2.39 bits per heavy atom. The van der Waals surface area contributed by atoms with Crippen LogP contribution in [0.3, 0.4) is 0 Å². The minimum absolute atomic E-state index is 0.194. The third kappa shape index (κ3) is 5.41. The van der Waals surface area contributed by atoms with E-state index in [1.807, 2.05) is 39.0 Å². The first kappa shape index (κ1) is 18.1. The predicted molar refractivity (Wildman–Crippen MR) is 89.7 cm³/mol. The normalized spacial score (nSPS) is 19.3. The topological polar surface area (TPSA) is 72.8 Å². The highest BCUT2D eigenvalue weighted by molar-refractivity contribution is 7.91. The van der Waals surface area contributed by atoms with Gasteiger partial charge < -0.3 is 19.3 Å². The van der Waals surface area contributed by atoms with Crippen LogP contribution in [0.15, 0.2) is 35.2 Å². The van der Waals surface area contributed by atoms with Gasteiger partial charge in [0.1, 0.15) is 17.0 Å². The van der Waals surface area contributed by atoms with Crippen molar-refractivity contribution in [2.45, 2.75) is 49.7 Å². The molecule has 1 unspecified atom stereocenters. The predicted octanol–water partition coefficient (Wildman–Crippen LogP) is 2.56. The summed E-state index contributed by atoms with van der Waals surface area (Å²) >= 11 is -1.24. The molecule has 2 rings (SSSR count). The van der Waals surface area contributed by atoms with E-state index in [1.54, 1.807) is 17.0 Å². The van der Waals surface area contributed by atoms with Gasteiger partial charge in [0.2, 0.25) is 0 Å². The Morgan fingerprint density at radius 2 is 1.87 bits per heavy atom. The van der Waals surface area contributed by atoms with Gasteiger partial charge in [-0.25, -0.2) is 4.79 Å². The number of carbonyl (C=O) groups is 1. The molecule has 1 atom stereocenters. The largest absolute Gasteiger partial charge is 0.611 e. The second-order valence-corrected chi connectivity index (χ2v) is 8.45. The molecule has 1 N–H and O–H groups in total. The first-order valence-electron chi connectivity index (χ1n) is 7.82. The lowest BCUT2D eigenvalue weighted by Crippen LogP contribution is -2.50. The van der Waals surface area contributed by atoms with Crippen molar-refractivity contribution in [1.82, 2.24) is 4.90 Å². The quantitative estimate of drug-likeness (QED) is 0.859. The van der Waals surface area contributed by atoms with Crippen LogP contribution in [0.4, 0.5) is 4.79 Å². The van der Waals surface area contributed by atoms with Crippen LogP contribution in [0.1, 0.15) is 33.6 Å². The van der Waals surface area contributed by atoms with Crippen LogP contribution in [-0.2, 0) is 15.9 Å². The molecule has 128 valence electrons. The zero-order valence-electron chi connectivity index (χ0n) is 13.9. The molecule has 0 saturated carbocycles. The average molecular weight is 339 g/mol. The van der Waals surface area contributed by atoms with Crippen molar-refractivity contribution in [2.24, 2.45) is 0 Å². The van der Waals surface area contributed by atoms with Gasteiger partial charge in [0.05, 0.1) is 0 Å². The Bertz CT molecular complexity index is 521. The number of aliphatic hydroxyl groups is 1. The lowest BCUT2D eigenvalue weighted by atomic mass is 9.94. The first-order valence-corrected chi connectivity index (χ1v) is 9.14. The highest BCUT2D eigenvalue weighted by Gasteiger charge is 2.39. The summed E-state index contributed by atoms with van der Waals surface area (Å²) in [6, 6.07) is 9.14.